The van der Waals surface area contributed by atoms with Crippen LogP contribution in [0.15, 0.2) is 255 Å². The van der Waals surface area contributed by atoms with Gasteiger partial charge >= 0.3 is 0 Å². The lowest BCUT2D eigenvalue weighted by molar-refractivity contribution is 1.16. The standard InChI is InChI=1S/C60H42BN3Si/c1-6-24-43(25-7-1)48-34-16-19-37-51(48)64-54-40-22-21-39-53(54)63(45-28-10-3-11-29-45)59-55(64)42-57-58-60(59)62(44-26-8-2-9-27-44)52-38-20-17-35-49(52)61(58)50-36-18-23-41-56(50)65(57,46-30-12-4-13-31-46)47-32-14-5-15-33-47/h1-42H. The fourth-order valence-electron chi connectivity index (χ4n) is 11.4. The van der Waals surface area contributed by atoms with Crippen LogP contribution in [0.2, 0.25) is 0 Å². The molecule has 0 fully saturated rings. The summed E-state index contributed by atoms with van der Waals surface area (Å²) in [6, 6.07) is 95.1. The van der Waals surface area contributed by atoms with Crippen molar-refractivity contribution in [3.63, 3.8) is 0 Å². The average molecular weight is 844 g/mol. The van der Waals surface area contributed by atoms with Crippen molar-refractivity contribution in [2.75, 3.05) is 14.7 Å². The van der Waals surface area contributed by atoms with Gasteiger partial charge < -0.3 is 14.7 Å². The lowest BCUT2D eigenvalue weighted by Gasteiger charge is -2.51. The van der Waals surface area contributed by atoms with Gasteiger partial charge in [-0.25, -0.2) is 0 Å². The highest BCUT2D eigenvalue weighted by Crippen LogP contribution is 2.59. The van der Waals surface area contributed by atoms with Gasteiger partial charge in [-0.05, 0) is 91.8 Å². The average Bonchev–Trinajstić information content (AvgIpc) is 3.39. The predicted octanol–water partition coefficient (Wildman–Crippen LogP) is 10.6. The molecule has 0 unspecified atom stereocenters. The van der Waals surface area contributed by atoms with E-state index >= 15 is 0 Å². The van der Waals surface area contributed by atoms with Crippen molar-refractivity contribution in [2.24, 2.45) is 0 Å². The van der Waals surface area contributed by atoms with Crippen LogP contribution < -0.4 is 51.8 Å². The van der Waals surface area contributed by atoms with Crippen LogP contribution in [0.1, 0.15) is 0 Å². The predicted molar refractivity (Wildman–Crippen MR) is 278 cm³/mol. The summed E-state index contributed by atoms with van der Waals surface area (Å²) >= 11 is 0. The van der Waals surface area contributed by atoms with Crippen LogP contribution in [0, 0.1) is 0 Å². The Morgan fingerprint density at radius 1 is 0.308 bits per heavy atom. The molecule has 0 atom stereocenters. The zero-order valence-corrected chi connectivity index (χ0v) is 36.7. The third-order valence-corrected chi connectivity index (χ3v) is 18.8. The summed E-state index contributed by atoms with van der Waals surface area (Å²) < 4.78 is 0. The van der Waals surface area contributed by atoms with Crippen molar-refractivity contribution in [2.45, 2.75) is 0 Å². The number of rotatable bonds is 6. The van der Waals surface area contributed by atoms with Crippen LogP contribution >= 0.6 is 0 Å². The molecule has 3 nitrogen and oxygen atoms in total. The highest BCUT2D eigenvalue weighted by molar-refractivity contribution is 7.26. The Labute approximate surface area is 381 Å². The number of nitrogens with zero attached hydrogens (tertiary/aromatic N) is 3. The number of benzene rings is 10. The van der Waals surface area contributed by atoms with E-state index in [1.54, 1.807) is 0 Å². The zero-order valence-electron chi connectivity index (χ0n) is 35.7. The molecule has 3 aliphatic rings. The highest BCUT2D eigenvalue weighted by atomic mass is 28.3. The van der Waals surface area contributed by atoms with Gasteiger partial charge in [0.05, 0.1) is 34.1 Å². The smallest absolute Gasteiger partial charge is 0.246 e. The SMILES string of the molecule is c1ccc(-c2ccccc2N2c3ccccc3N(c3ccccc3)c3c2cc2c4c3N(c3ccccc3)c3ccccc3B4c3ccccc3[Si]2(c2ccccc2)c2ccccc2)cc1. The summed E-state index contributed by atoms with van der Waals surface area (Å²) in [7, 11) is -3.12. The molecule has 0 saturated heterocycles. The Morgan fingerprint density at radius 3 is 1.37 bits per heavy atom. The molecule has 0 saturated carbocycles. The van der Waals surface area contributed by atoms with Gasteiger partial charge in [0.2, 0.25) is 6.71 Å². The van der Waals surface area contributed by atoms with Crippen molar-refractivity contribution in [3.8, 4) is 11.1 Å². The Kier molecular flexibility index (Phi) is 8.65. The van der Waals surface area contributed by atoms with E-state index < -0.39 is 8.07 Å². The monoisotopic (exact) mass is 843 g/mol. The molecule has 0 aliphatic carbocycles. The van der Waals surface area contributed by atoms with E-state index in [1.807, 2.05) is 0 Å². The summed E-state index contributed by atoms with van der Waals surface area (Å²) in [5.74, 6) is 0. The van der Waals surface area contributed by atoms with Crippen molar-refractivity contribution in [1.29, 1.82) is 0 Å². The maximum atomic E-state index is 2.65. The molecule has 0 N–H and O–H groups in total. The second-order valence-corrected chi connectivity index (χ2v) is 20.9. The Morgan fingerprint density at radius 2 is 0.754 bits per heavy atom. The Bertz CT molecular complexity index is 3360. The van der Waals surface area contributed by atoms with E-state index in [0.29, 0.717) is 0 Å². The number of para-hydroxylation sites is 6. The van der Waals surface area contributed by atoms with Gasteiger partial charge in [-0.3, -0.25) is 0 Å². The first-order valence-corrected chi connectivity index (χ1v) is 24.6. The van der Waals surface area contributed by atoms with Crippen LogP contribution in [-0.4, -0.2) is 14.8 Å². The van der Waals surface area contributed by atoms with E-state index in [2.05, 4.69) is 269 Å². The van der Waals surface area contributed by atoms with Crippen LogP contribution in [0.3, 0.4) is 0 Å². The molecule has 0 aromatic heterocycles. The molecular weight excluding hydrogens is 802 g/mol. The minimum absolute atomic E-state index is 0.0226. The minimum atomic E-state index is -3.12. The molecule has 65 heavy (non-hydrogen) atoms. The van der Waals surface area contributed by atoms with E-state index in [4.69, 9.17) is 0 Å². The largest absolute Gasteiger partial charge is 0.309 e. The summed E-state index contributed by atoms with van der Waals surface area (Å²) in [6.07, 6.45) is 0. The molecule has 10 aromatic rings. The maximum Gasteiger partial charge on any atom is 0.246 e. The van der Waals surface area contributed by atoms with Crippen LogP contribution in [0.5, 0.6) is 0 Å². The first-order valence-electron chi connectivity index (χ1n) is 22.6. The Hall–Kier alpha value is -8.12. The molecule has 13 rings (SSSR count). The van der Waals surface area contributed by atoms with Gasteiger partial charge in [-0.15, -0.1) is 0 Å². The molecular formula is C60H42BN3Si. The van der Waals surface area contributed by atoms with Gasteiger partial charge in [0, 0.05) is 22.6 Å². The second-order valence-electron chi connectivity index (χ2n) is 17.2. The molecule has 0 amide bonds. The van der Waals surface area contributed by atoms with Gasteiger partial charge in [-0.1, -0.05) is 206 Å². The lowest BCUT2D eigenvalue weighted by atomic mass is 9.34. The van der Waals surface area contributed by atoms with Crippen molar-refractivity contribution in [3.05, 3.63) is 255 Å². The molecule has 3 heterocycles. The summed E-state index contributed by atoms with van der Waals surface area (Å²) in [5.41, 5.74) is 16.8. The third kappa shape index (κ3) is 5.49. The molecule has 10 aromatic carbocycles. The molecule has 0 radical (unpaired) electrons. The topological polar surface area (TPSA) is 9.72 Å². The minimum Gasteiger partial charge on any atom is -0.309 e. The zero-order chi connectivity index (χ0) is 42.9. The normalized spacial score (nSPS) is 13.8. The van der Waals surface area contributed by atoms with Gasteiger partial charge in [0.15, 0.2) is 8.07 Å². The number of hydrogen-bond donors (Lipinski definition) is 0. The lowest BCUT2D eigenvalue weighted by Crippen LogP contribution is -2.87. The first-order chi connectivity index (χ1) is 32.3. The van der Waals surface area contributed by atoms with Crippen LogP contribution in [-0.2, 0) is 0 Å². The fourth-order valence-corrected chi connectivity index (χ4v) is 16.7. The molecule has 0 bridgehead atoms. The van der Waals surface area contributed by atoms with E-state index in [-0.39, 0.29) is 6.71 Å². The van der Waals surface area contributed by atoms with Gasteiger partial charge in [0.25, 0.3) is 0 Å². The van der Waals surface area contributed by atoms with E-state index in [1.165, 1.54) is 59.6 Å². The second kappa shape index (κ2) is 15.0. The fraction of sp³-hybridized carbons (Fsp3) is 0. The van der Waals surface area contributed by atoms with Gasteiger partial charge in [-0.2, -0.15) is 0 Å². The maximum absolute atomic E-state index is 3.12. The summed E-state index contributed by atoms with van der Waals surface area (Å²) in [5, 5.41) is 5.60. The molecule has 5 heteroatoms. The Balaban J connectivity index is 1.28. The number of hydrogen-bond acceptors (Lipinski definition) is 3. The van der Waals surface area contributed by atoms with Crippen molar-refractivity contribution < 1.29 is 0 Å². The van der Waals surface area contributed by atoms with Crippen molar-refractivity contribution in [1.82, 2.24) is 0 Å². The van der Waals surface area contributed by atoms with Gasteiger partial charge in [0.1, 0.15) is 0 Å². The van der Waals surface area contributed by atoms with E-state index in [9.17, 15) is 0 Å². The van der Waals surface area contributed by atoms with Crippen LogP contribution in [0.4, 0.5) is 51.2 Å². The quantitative estimate of drug-likeness (QED) is 0.154. The number of fused-ring (bicyclic) bond motifs is 7. The summed E-state index contributed by atoms with van der Waals surface area (Å²) in [6.45, 7) is -0.0226. The third-order valence-electron chi connectivity index (χ3n) is 13.9. The highest BCUT2D eigenvalue weighted by Gasteiger charge is 2.55. The molecule has 0 spiro atoms. The number of anilines is 9. The molecule has 3 aliphatic heterocycles. The molecule has 304 valence electrons. The summed E-state index contributed by atoms with van der Waals surface area (Å²) in [4.78, 5) is 7.73. The van der Waals surface area contributed by atoms with E-state index in [0.717, 1.165) is 39.8 Å². The first kappa shape index (κ1) is 37.4. The van der Waals surface area contributed by atoms with Crippen LogP contribution in [0.25, 0.3) is 11.1 Å². The van der Waals surface area contributed by atoms with Crippen molar-refractivity contribution >= 4 is 103 Å².